The molecule has 92 valence electrons. The highest BCUT2D eigenvalue weighted by Gasteiger charge is 2.40. The molecule has 0 amide bonds. The van der Waals surface area contributed by atoms with Gasteiger partial charge in [0, 0.05) is 6.61 Å². The van der Waals surface area contributed by atoms with Gasteiger partial charge < -0.3 is 9.84 Å². The fraction of sp³-hybridized carbons (Fsp3) is 0.500. The molecule has 1 N–H and O–H groups in total. The molecular weight excluding hydrogens is 216 g/mol. The SMILES string of the molecule is Cc1ccc(CC2(C(=O)O)CCCOC2)cc1. The number of carboxylic acid groups (broad SMARTS) is 1. The van der Waals surface area contributed by atoms with Crippen molar-refractivity contribution in [2.75, 3.05) is 13.2 Å². The van der Waals surface area contributed by atoms with Gasteiger partial charge >= 0.3 is 5.97 Å². The van der Waals surface area contributed by atoms with Gasteiger partial charge in [0.2, 0.25) is 0 Å². The van der Waals surface area contributed by atoms with E-state index in [1.54, 1.807) is 0 Å². The van der Waals surface area contributed by atoms with E-state index in [9.17, 15) is 9.90 Å². The van der Waals surface area contributed by atoms with Gasteiger partial charge in [-0.2, -0.15) is 0 Å². The molecule has 3 nitrogen and oxygen atoms in total. The molecule has 1 aliphatic rings. The Balaban J connectivity index is 2.17. The molecule has 1 aromatic rings. The van der Waals surface area contributed by atoms with E-state index < -0.39 is 11.4 Å². The lowest BCUT2D eigenvalue weighted by Crippen LogP contribution is -2.41. The van der Waals surface area contributed by atoms with Crippen molar-refractivity contribution < 1.29 is 14.6 Å². The molecule has 3 heteroatoms. The van der Waals surface area contributed by atoms with Crippen molar-refractivity contribution in [3.8, 4) is 0 Å². The van der Waals surface area contributed by atoms with E-state index in [2.05, 4.69) is 0 Å². The van der Waals surface area contributed by atoms with Crippen molar-refractivity contribution in [3.63, 3.8) is 0 Å². The van der Waals surface area contributed by atoms with E-state index in [0.717, 1.165) is 12.0 Å². The summed E-state index contributed by atoms with van der Waals surface area (Å²) in [5.74, 6) is -0.738. The quantitative estimate of drug-likeness (QED) is 0.873. The summed E-state index contributed by atoms with van der Waals surface area (Å²) in [7, 11) is 0. The van der Waals surface area contributed by atoms with E-state index in [-0.39, 0.29) is 0 Å². The number of aryl methyl sites for hydroxylation is 1. The highest BCUT2D eigenvalue weighted by Crippen LogP contribution is 2.33. The molecular formula is C14H18O3. The van der Waals surface area contributed by atoms with Crippen LogP contribution in [-0.4, -0.2) is 24.3 Å². The Morgan fingerprint density at radius 3 is 2.65 bits per heavy atom. The topological polar surface area (TPSA) is 46.5 Å². The standard InChI is InChI=1S/C14H18O3/c1-11-3-5-12(6-4-11)9-14(13(15)16)7-2-8-17-10-14/h3-6H,2,7-10H2,1H3,(H,15,16). The van der Waals surface area contributed by atoms with Crippen LogP contribution in [-0.2, 0) is 16.0 Å². The third-order valence-corrected chi connectivity index (χ3v) is 3.44. The molecule has 0 aliphatic carbocycles. The monoisotopic (exact) mass is 234 g/mol. The maximum absolute atomic E-state index is 11.5. The molecule has 1 unspecified atom stereocenters. The molecule has 1 heterocycles. The predicted octanol–water partition coefficient (Wildman–Crippen LogP) is 2.42. The van der Waals surface area contributed by atoms with E-state index in [1.165, 1.54) is 5.56 Å². The summed E-state index contributed by atoms with van der Waals surface area (Å²) in [5.41, 5.74) is 1.54. The van der Waals surface area contributed by atoms with Crippen LogP contribution in [0.15, 0.2) is 24.3 Å². The van der Waals surface area contributed by atoms with Crippen LogP contribution in [0.25, 0.3) is 0 Å². The summed E-state index contributed by atoms with van der Waals surface area (Å²) in [5, 5.41) is 9.42. The summed E-state index contributed by atoms with van der Waals surface area (Å²) in [6, 6.07) is 8.06. The van der Waals surface area contributed by atoms with Gasteiger partial charge in [0.15, 0.2) is 0 Å². The predicted molar refractivity (Wildman–Crippen MR) is 65.0 cm³/mol. The zero-order valence-electron chi connectivity index (χ0n) is 10.1. The normalized spacial score (nSPS) is 24.5. The van der Waals surface area contributed by atoms with Gasteiger partial charge in [-0.1, -0.05) is 29.8 Å². The fourth-order valence-corrected chi connectivity index (χ4v) is 2.33. The van der Waals surface area contributed by atoms with Gasteiger partial charge in [-0.05, 0) is 31.7 Å². The second kappa shape index (κ2) is 4.88. The van der Waals surface area contributed by atoms with Crippen LogP contribution in [0.3, 0.4) is 0 Å². The lowest BCUT2D eigenvalue weighted by atomic mass is 9.77. The Morgan fingerprint density at radius 1 is 1.41 bits per heavy atom. The van der Waals surface area contributed by atoms with Crippen molar-refractivity contribution >= 4 is 5.97 Å². The Bertz CT molecular complexity index is 388. The fourth-order valence-electron chi connectivity index (χ4n) is 2.33. The zero-order chi connectivity index (χ0) is 12.3. The third-order valence-electron chi connectivity index (χ3n) is 3.44. The van der Waals surface area contributed by atoms with Gasteiger partial charge in [0.05, 0.1) is 12.0 Å². The van der Waals surface area contributed by atoms with Crippen LogP contribution in [0.5, 0.6) is 0 Å². The molecule has 0 spiro atoms. The summed E-state index contributed by atoms with van der Waals surface area (Å²) in [4.78, 5) is 11.5. The second-order valence-corrected chi connectivity index (χ2v) is 4.90. The lowest BCUT2D eigenvalue weighted by Gasteiger charge is -2.33. The molecule has 0 bridgehead atoms. The minimum atomic E-state index is -0.738. The van der Waals surface area contributed by atoms with E-state index >= 15 is 0 Å². The third kappa shape index (κ3) is 2.67. The highest BCUT2D eigenvalue weighted by molar-refractivity contribution is 5.75. The molecule has 1 saturated heterocycles. The number of benzene rings is 1. The molecule has 17 heavy (non-hydrogen) atoms. The minimum Gasteiger partial charge on any atom is -0.481 e. The lowest BCUT2D eigenvalue weighted by molar-refractivity contribution is -0.157. The maximum atomic E-state index is 11.5. The molecule has 1 aliphatic heterocycles. The number of aliphatic carboxylic acids is 1. The number of carbonyl (C=O) groups is 1. The summed E-state index contributed by atoms with van der Waals surface area (Å²) in [6.45, 7) is 3.04. The molecule has 0 radical (unpaired) electrons. The number of hydrogen-bond acceptors (Lipinski definition) is 2. The Morgan fingerprint density at radius 2 is 2.12 bits per heavy atom. The van der Waals surface area contributed by atoms with Gasteiger partial charge in [-0.15, -0.1) is 0 Å². The van der Waals surface area contributed by atoms with Crippen molar-refractivity contribution in [2.45, 2.75) is 26.2 Å². The first kappa shape index (κ1) is 12.1. The molecule has 1 fully saturated rings. The first-order valence-electron chi connectivity index (χ1n) is 5.99. The van der Waals surface area contributed by atoms with Gasteiger partial charge in [-0.3, -0.25) is 4.79 Å². The van der Waals surface area contributed by atoms with Gasteiger partial charge in [0.25, 0.3) is 0 Å². The Kier molecular flexibility index (Phi) is 3.48. The minimum absolute atomic E-state index is 0.330. The Labute approximate surface area is 101 Å². The number of hydrogen-bond donors (Lipinski definition) is 1. The Hall–Kier alpha value is -1.35. The zero-order valence-corrected chi connectivity index (χ0v) is 10.1. The van der Waals surface area contributed by atoms with Crippen LogP contribution in [0.2, 0.25) is 0 Å². The number of rotatable bonds is 3. The van der Waals surface area contributed by atoms with Gasteiger partial charge in [-0.25, -0.2) is 0 Å². The van der Waals surface area contributed by atoms with Crippen LogP contribution >= 0.6 is 0 Å². The van der Waals surface area contributed by atoms with Crippen molar-refractivity contribution in [2.24, 2.45) is 5.41 Å². The van der Waals surface area contributed by atoms with Crippen LogP contribution in [0.1, 0.15) is 24.0 Å². The van der Waals surface area contributed by atoms with Crippen LogP contribution < -0.4 is 0 Å². The smallest absolute Gasteiger partial charge is 0.312 e. The second-order valence-electron chi connectivity index (χ2n) is 4.90. The number of ether oxygens (including phenoxy) is 1. The molecule has 1 atom stereocenters. The molecule has 1 aromatic carbocycles. The average molecular weight is 234 g/mol. The first-order valence-corrected chi connectivity index (χ1v) is 5.99. The summed E-state index contributed by atoms with van der Waals surface area (Å²) < 4.78 is 5.36. The van der Waals surface area contributed by atoms with Crippen molar-refractivity contribution in [1.29, 1.82) is 0 Å². The maximum Gasteiger partial charge on any atom is 0.312 e. The van der Waals surface area contributed by atoms with E-state index in [4.69, 9.17) is 4.74 Å². The summed E-state index contributed by atoms with van der Waals surface area (Å²) >= 11 is 0. The molecule has 0 aromatic heterocycles. The first-order chi connectivity index (χ1) is 8.12. The average Bonchev–Trinajstić information content (AvgIpc) is 2.33. The van der Waals surface area contributed by atoms with Crippen LogP contribution in [0, 0.1) is 12.3 Å². The van der Waals surface area contributed by atoms with Crippen LogP contribution in [0.4, 0.5) is 0 Å². The number of carboxylic acids is 1. The molecule has 2 rings (SSSR count). The van der Waals surface area contributed by atoms with Crippen molar-refractivity contribution in [3.05, 3.63) is 35.4 Å². The van der Waals surface area contributed by atoms with Gasteiger partial charge in [0.1, 0.15) is 0 Å². The summed E-state index contributed by atoms with van der Waals surface area (Å²) in [6.07, 6.45) is 2.09. The molecule has 0 saturated carbocycles. The van der Waals surface area contributed by atoms with E-state index in [0.29, 0.717) is 26.1 Å². The van der Waals surface area contributed by atoms with Crippen molar-refractivity contribution in [1.82, 2.24) is 0 Å². The largest absolute Gasteiger partial charge is 0.481 e. The highest BCUT2D eigenvalue weighted by atomic mass is 16.5. The van der Waals surface area contributed by atoms with E-state index in [1.807, 2.05) is 31.2 Å².